The normalized spacial score (nSPS) is 24.9. The smallest absolute Gasteiger partial charge is 0.410 e. The van der Waals surface area contributed by atoms with Gasteiger partial charge in [0.25, 0.3) is 0 Å². The number of hydrogen-bond acceptors (Lipinski definition) is 15. The third kappa shape index (κ3) is 7.72. The summed E-state index contributed by atoms with van der Waals surface area (Å²) in [5.41, 5.74) is 3.44. The van der Waals surface area contributed by atoms with Gasteiger partial charge in [0.05, 0.1) is 42.6 Å². The molecule has 16 nitrogen and oxygen atoms in total. The first-order chi connectivity index (χ1) is 28.6. The number of piperazine rings is 1. The Balaban J connectivity index is 1.54. The number of aryl methyl sites for hydroxylation is 1. The van der Waals surface area contributed by atoms with Crippen LogP contribution in [0.4, 0.5) is 9.59 Å². The number of hydrogen-bond donors (Lipinski definition) is 1. The third-order valence-corrected chi connectivity index (χ3v) is 12.6. The average molecular weight is 908 g/mol. The Kier molecular flexibility index (Phi) is 12.5. The number of alkyl carbamates (subject to hydrolysis) is 1. The van der Waals surface area contributed by atoms with Crippen LogP contribution in [0.3, 0.4) is 0 Å². The second-order valence-electron chi connectivity index (χ2n) is 14.5. The fraction of sp³-hybridized carbons (Fsp3) is 0.475. The molecule has 0 radical (unpaired) electrons. The highest BCUT2D eigenvalue weighted by Gasteiger charge is 2.63. The van der Waals surface area contributed by atoms with Crippen molar-refractivity contribution >= 4 is 70.7 Å². The number of alkyl halides is 3. The van der Waals surface area contributed by atoms with E-state index in [0.717, 1.165) is 11.1 Å². The summed E-state index contributed by atoms with van der Waals surface area (Å²) in [5.74, 6) is -0.00455. The zero-order valence-electron chi connectivity index (χ0n) is 32.9. The number of rotatable bonds is 9. The van der Waals surface area contributed by atoms with Gasteiger partial charge in [-0.25, -0.2) is 14.4 Å². The number of carbonyl (C=O) groups excluding carboxylic acids is 4. The molecule has 6 aliphatic rings. The van der Waals surface area contributed by atoms with Gasteiger partial charge in [-0.2, -0.15) is 5.26 Å². The molecular formula is C40H41Cl3N4O12S. The molecule has 2 aromatic rings. The first-order valence-corrected chi connectivity index (χ1v) is 20.9. The molecule has 2 fully saturated rings. The van der Waals surface area contributed by atoms with Crippen LogP contribution in [-0.2, 0) is 30.2 Å². The summed E-state index contributed by atoms with van der Waals surface area (Å²) in [5, 5.41) is 13.0. The molecule has 6 aliphatic heterocycles. The van der Waals surface area contributed by atoms with Crippen molar-refractivity contribution in [3.05, 3.63) is 64.8 Å². The first kappa shape index (κ1) is 43.4. The molecule has 7 atom stereocenters. The highest BCUT2D eigenvalue weighted by atomic mass is 35.6. The van der Waals surface area contributed by atoms with Gasteiger partial charge in [0.15, 0.2) is 23.0 Å². The van der Waals surface area contributed by atoms with Crippen LogP contribution in [0.15, 0.2) is 31.4 Å². The standard InChI is InChI=1S/C40H41Cl3N4O12S/c1-7-9-53-34-26-21(11-18(3)31(34)52-6)12-23-24(13-44)46-25-14-55-37(49)22(45-38(50)54-10-8-2)15-60-36(30(46)29(26)47(23)39(51)56-16-40(41,42)43)28-27(25)35-33(57-17-58-35)19(4)32(28)59-20(5)48/h7-8,11,22-25,29-30,36H,1-2,9-10,12,14-17H2,3-6H3,(H,45,50)/t22-,23-,24-,25-,29+,30+,36+/m0/s1. The summed E-state index contributed by atoms with van der Waals surface area (Å²) in [6, 6.07) is -1.76. The van der Waals surface area contributed by atoms with Crippen molar-refractivity contribution in [3.63, 3.8) is 0 Å². The van der Waals surface area contributed by atoms with E-state index in [1.54, 1.807) is 13.0 Å². The van der Waals surface area contributed by atoms with E-state index in [9.17, 15) is 24.4 Å². The number of benzene rings is 2. The highest BCUT2D eigenvalue weighted by molar-refractivity contribution is 7.99. The summed E-state index contributed by atoms with van der Waals surface area (Å²) in [4.78, 5) is 57.8. The van der Waals surface area contributed by atoms with E-state index in [1.807, 2.05) is 17.9 Å². The summed E-state index contributed by atoms with van der Waals surface area (Å²) >= 11 is 19.5. The average Bonchev–Trinajstić information content (AvgIpc) is 3.70. The summed E-state index contributed by atoms with van der Waals surface area (Å²) in [6.45, 7) is 11.0. The zero-order chi connectivity index (χ0) is 43.2. The molecule has 2 saturated heterocycles. The largest absolute Gasteiger partial charge is 0.493 e. The lowest BCUT2D eigenvalue weighted by atomic mass is 9.71. The molecule has 6 heterocycles. The number of thioether (sulfide) groups is 1. The molecular weight excluding hydrogens is 867 g/mol. The second kappa shape index (κ2) is 17.3. The van der Waals surface area contributed by atoms with Crippen molar-refractivity contribution in [1.29, 1.82) is 5.26 Å². The summed E-state index contributed by atoms with van der Waals surface area (Å²) < 4.78 is 45.4. The van der Waals surface area contributed by atoms with Crippen LogP contribution in [0.5, 0.6) is 28.7 Å². The molecule has 2 amide bonds. The van der Waals surface area contributed by atoms with Gasteiger partial charge in [0.1, 0.15) is 44.3 Å². The van der Waals surface area contributed by atoms with E-state index in [1.165, 1.54) is 36.8 Å². The number of nitriles is 1. The minimum Gasteiger partial charge on any atom is -0.493 e. The molecule has 8 rings (SSSR count). The van der Waals surface area contributed by atoms with Gasteiger partial charge in [-0.15, -0.1) is 11.8 Å². The predicted octanol–water partition coefficient (Wildman–Crippen LogP) is 6.25. The molecule has 320 valence electrons. The molecule has 2 aromatic carbocycles. The van der Waals surface area contributed by atoms with E-state index >= 15 is 0 Å². The lowest BCUT2D eigenvalue weighted by molar-refractivity contribution is -0.151. The number of methoxy groups -OCH3 is 1. The molecule has 0 spiro atoms. The maximum Gasteiger partial charge on any atom is 0.410 e. The maximum absolute atomic E-state index is 14.7. The predicted molar refractivity (Wildman–Crippen MR) is 218 cm³/mol. The van der Waals surface area contributed by atoms with E-state index in [4.69, 9.17) is 72.7 Å². The van der Waals surface area contributed by atoms with Crippen molar-refractivity contribution in [2.45, 2.75) is 72.5 Å². The lowest BCUT2D eigenvalue weighted by Crippen LogP contribution is -2.71. The quantitative estimate of drug-likeness (QED) is 0.0979. The number of amides is 2. The number of esters is 2. The van der Waals surface area contributed by atoms with Crippen LogP contribution >= 0.6 is 46.6 Å². The second-order valence-corrected chi connectivity index (χ2v) is 18.1. The Morgan fingerprint density at radius 3 is 2.45 bits per heavy atom. The fourth-order valence-electron chi connectivity index (χ4n) is 8.86. The number of ether oxygens (including phenoxy) is 8. The molecule has 0 saturated carbocycles. The molecule has 4 bridgehead atoms. The molecule has 1 N–H and O–H groups in total. The van der Waals surface area contributed by atoms with Gasteiger partial charge < -0.3 is 43.2 Å². The van der Waals surface area contributed by atoms with Crippen molar-refractivity contribution in [2.24, 2.45) is 0 Å². The van der Waals surface area contributed by atoms with E-state index < -0.39 is 76.0 Å². The van der Waals surface area contributed by atoms with Crippen molar-refractivity contribution < 1.29 is 57.1 Å². The Hall–Kier alpha value is -4.73. The number of fused-ring (bicyclic) bond motifs is 10. The molecule has 0 aliphatic carbocycles. The van der Waals surface area contributed by atoms with Gasteiger partial charge in [0.2, 0.25) is 10.6 Å². The topological polar surface area (TPSA) is 184 Å². The maximum atomic E-state index is 14.7. The van der Waals surface area contributed by atoms with E-state index in [0.29, 0.717) is 45.3 Å². The van der Waals surface area contributed by atoms with Gasteiger partial charge in [-0.3, -0.25) is 14.6 Å². The van der Waals surface area contributed by atoms with E-state index in [-0.39, 0.29) is 44.5 Å². The van der Waals surface area contributed by atoms with Crippen molar-refractivity contribution in [1.82, 2.24) is 15.1 Å². The number of nitrogens with one attached hydrogen (secondary N) is 1. The number of halogens is 3. The van der Waals surface area contributed by atoms with Gasteiger partial charge in [-0.05, 0) is 31.4 Å². The van der Waals surface area contributed by atoms with E-state index in [2.05, 4.69) is 24.5 Å². The summed E-state index contributed by atoms with van der Waals surface area (Å²) in [6.07, 6.45) is 1.33. The van der Waals surface area contributed by atoms with Crippen LogP contribution in [0, 0.1) is 25.2 Å². The fourth-order valence-corrected chi connectivity index (χ4v) is 10.5. The Bertz CT molecular complexity index is 2180. The molecule has 0 aromatic heterocycles. The number of nitrogens with zero attached hydrogens (tertiary/aromatic N) is 3. The highest BCUT2D eigenvalue weighted by Crippen LogP contribution is 2.64. The Morgan fingerprint density at radius 1 is 1.05 bits per heavy atom. The van der Waals surface area contributed by atoms with Crippen LogP contribution in [0.2, 0.25) is 0 Å². The van der Waals surface area contributed by atoms with Gasteiger partial charge in [-0.1, -0.05) is 66.2 Å². The Labute approximate surface area is 364 Å². The monoisotopic (exact) mass is 906 g/mol. The Morgan fingerprint density at radius 2 is 1.78 bits per heavy atom. The van der Waals surface area contributed by atoms with Crippen molar-refractivity contribution in [2.75, 3.05) is 46.1 Å². The minimum absolute atomic E-state index is 0.0590. The minimum atomic E-state index is -1.97. The SMILES string of the molecule is C=CCOC(=O)N[C@H]1CS[C@@H]2c3c(OC(C)=O)c(C)c4c(c3[C@H](COC1=O)N1[C@@H]2[C@H]2c3c(cc(C)c(OC)c3OCC=C)C[C@@H]([C@@H]1C#N)N2C(=O)OCC(Cl)(Cl)Cl)OCO4. The zero-order valence-corrected chi connectivity index (χ0v) is 36.0. The van der Waals surface area contributed by atoms with Crippen LogP contribution in [0.25, 0.3) is 0 Å². The molecule has 0 unspecified atom stereocenters. The van der Waals surface area contributed by atoms with Crippen molar-refractivity contribution in [3.8, 4) is 34.8 Å². The summed E-state index contributed by atoms with van der Waals surface area (Å²) in [7, 11) is 1.50. The molecule has 60 heavy (non-hydrogen) atoms. The first-order valence-electron chi connectivity index (χ1n) is 18.7. The number of carbonyl (C=O) groups is 4. The van der Waals surface area contributed by atoms with Crippen LogP contribution in [-0.4, -0.2) is 108 Å². The molecule has 20 heteroatoms. The van der Waals surface area contributed by atoms with Gasteiger partial charge in [0, 0.05) is 34.9 Å². The van der Waals surface area contributed by atoms with Crippen LogP contribution < -0.4 is 29.0 Å². The third-order valence-electron chi connectivity index (χ3n) is 10.9. The van der Waals surface area contributed by atoms with Gasteiger partial charge >= 0.3 is 24.1 Å². The lowest BCUT2D eigenvalue weighted by Gasteiger charge is -2.62. The van der Waals surface area contributed by atoms with Crippen LogP contribution in [0.1, 0.15) is 57.6 Å².